The molecule has 0 bridgehead atoms. The summed E-state index contributed by atoms with van der Waals surface area (Å²) in [5.41, 5.74) is 2.03. The Morgan fingerprint density at radius 2 is 1.77 bits per heavy atom. The number of benzene rings is 2. The van der Waals surface area contributed by atoms with Crippen molar-refractivity contribution in [1.29, 1.82) is 0 Å². The lowest BCUT2D eigenvalue weighted by atomic mass is 10.0. The average molecular weight is 515 g/mol. The highest BCUT2D eigenvalue weighted by molar-refractivity contribution is 9.10. The highest BCUT2D eigenvalue weighted by Crippen LogP contribution is 2.38. The molecule has 0 aliphatic rings. The Bertz CT molecular complexity index is 1240. The summed E-state index contributed by atoms with van der Waals surface area (Å²) in [6.45, 7) is 5.45. The second-order valence-electron chi connectivity index (χ2n) is 7.80. The van der Waals surface area contributed by atoms with E-state index in [1.807, 2.05) is 74.7 Å². The Morgan fingerprint density at radius 3 is 2.45 bits per heavy atom. The molecule has 0 aliphatic carbocycles. The molecule has 1 amide bonds. The summed E-state index contributed by atoms with van der Waals surface area (Å²) in [6, 6.07) is 15.2. The second-order valence-corrected chi connectivity index (χ2v) is 10.6. The van der Waals surface area contributed by atoms with E-state index < -0.39 is 11.6 Å². The van der Waals surface area contributed by atoms with Crippen LogP contribution in [0, 0.1) is 0 Å². The molecule has 2 aromatic carbocycles. The average Bonchev–Trinajstić information content (AvgIpc) is 3.31. The quantitative estimate of drug-likeness (QED) is 0.297. The van der Waals surface area contributed by atoms with Crippen LogP contribution in [0.25, 0.3) is 21.3 Å². The van der Waals surface area contributed by atoms with Gasteiger partial charge in [-0.1, -0.05) is 40.2 Å². The lowest BCUT2D eigenvalue weighted by Gasteiger charge is -2.20. The lowest BCUT2D eigenvalue weighted by Crippen LogP contribution is -2.25. The number of carbonyl (C=O) groups is 2. The number of nitrogens with one attached hydrogen (secondary N) is 1. The van der Waals surface area contributed by atoms with Gasteiger partial charge in [-0.25, -0.2) is 9.78 Å². The van der Waals surface area contributed by atoms with E-state index in [0.717, 1.165) is 20.3 Å². The lowest BCUT2D eigenvalue weighted by molar-refractivity contribution is 0.00721. The van der Waals surface area contributed by atoms with Crippen LogP contribution in [0.3, 0.4) is 0 Å². The molecule has 0 saturated heterocycles. The summed E-state index contributed by atoms with van der Waals surface area (Å²) in [6.07, 6.45) is 0. The van der Waals surface area contributed by atoms with E-state index in [9.17, 15) is 9.59 Å². The Hall–Kier alpha value is -2.55. The van der Waals surface area contributed by atoms with E-state index in [2.05, 4.69) is 26.2 Å². The van der Waals surface area contributed by atoms with Crippen LogP contribution in [0.4, 0.5) is 5.00 Å². The first kappa shape index (κ1) is 21.7. The number of rotatable bonds is 4. The van der Waals surface area contributed by atoms with Crippen LogP contribution in [0.5, 0.6) is 0 Å². The monoisotopic (exact) mass is 514 g/mol. The molecule has 0 spiro atoms. The number of esters is 1. The maximum Gasteiger partial charge on any atom is 0.342 e. The number of para-hydroxylation sites is 1. The van der Waals surface area contributed by atoms with Crippen molar-refractivity contribution >= 4 is 65.7 Å². The molecule has 0 saturated carbocycles. The maximum absolute atomic E-state index is 13.1. The van der Waals surface area contributed by atoms with Crippen molar-refractivity contribution in [2.75, 3.05) is 5.32 Å². The summed E-state index contributed by atoms with van der Waals surface area (Å²) < 4.78 is 7.51. The minimum Gasteiger partial charge on any atom is -0.456 e. The largest absolute Gasteiger partial charge is 0.456 e. The molecule has 0 radical (unpaired) electrons. The molecule has 2 heterocycles. The van der Waals surface area contributed by atoms with E-state index in [1.165, 1.54) is 22.7 Å². The Balaban J connectivity index is 1.71. The molecule has 158 valence electrons. The number of hydrogen-bond acceptors (Lipinski definition) is 6. The molecular formula is C23H19BrN2O3S2. The Kier molecular flexibility index (Phi) is 5.96. The highest BCUT2D eigenvalue weighted by atomic mass is 79.9. The number of thiazole rings is 1. The summed E-state index contributed by atoms with van der Waals surface area (Å²) in [7, 11) is 0. The van der Waals surface area contributed by atoms with Crippen molar-refractivity contribution in [2.45, 2.75) is 26.4 Å². The van der Waals surface area contributed by atoms with Gasteiger partial charge in [0.1, 0.15) is 16.2 Å². The summed E-state index contributed by atoms with van der Waals surface area (Å²) in [5, 5.41) is 5.51. The number of halogens is 1. The molecular weight excluding hydrogens is 496 g/mol. The first-order valence-electron chi connectivity index (χ1n) is 9.49. The van der Waals surface area contributed by atoms with E-state index in [0.29, 0.717) is 21.1 Å². The van der Waals surface area contributed by atoms with Gasteiger partial charge in [-0.2, -0.15) is 0 Å². The van der Waals surface area contributed by atoms with Crippen molar-refractivity contribution in [3.63, 3.8) is 0 Å². The van der Waals surface area contributed by atoms with Crippen LogP contribution in [0.1, 0.15) is 40.9 Å². The molecule has 8 heteroatoms. The number of nitrogens with zero attached hydrogens (tertiary/aromatic N) is 1. The van der Waals surface area contributed by atoms with Gasteiger partial charge in [0.05, 0.1) is 10.2 Å². The van der Waals surface area contributed by atoms with E-state index >= 15 is 0 Å². The number of carbonyl (C=O) groups excluding carboxylic acids is 2. The summed E-state index contributed by atoms with van der Waals surface area (Å²) in [5.74, 6) is -0.832. The zero-order valence-corrected chi connectivity index (χ0v) is 20.3. The highest BCUT2D eigenvalue weighted by Gasteiger charge is 2.27. The summed E-state index contributed by atoms with van der Waals surface area (Å²) in [4.78, 5) is 30.4. The summed E-state index contributed by atoms with van der Waals surface area (Å²) >= 11 is 6.04. The van der Waals surface area contributed by atoms with Crippen molar-refractivity contribution < 1.29 is 14.3 Å². The molecule has 0 unspecified atom stereocenters. The minimum atomic E-state index is -0.662. The standard InChI is InChI=1S/C23H19BrN2O3S2/c1-23(2,3)29-22(28)18-15(13-8-10-14(24)11-9-13)12-30-20(18)26-19(27)21-25-16-6-4-5-7-17(16)31-21/h4-12H,1-3H3,(H,26,27). The van der Waals surface area contributed by atoms with Crippen molar-refractivity contribution in [1.82, 2.24) is 4.98 Å². The van der Waals surface area contributed by atoms with Crippen molar-refractivity contribution in [3.05, 3.63) is 69.0 Å². The third-order valence-electron chi connectivity index (χ3n) is 4.26. The zero-order valence-electron chi connectivity index (χ0n) is 17.1. The first-order valence-corrected chi connectivity index (χ1v) is 12.0. The third kappa shape index (κ3) is 4.87. The number of fused-ring (bicyclic) bond motifs is 1. The van der Waals surface area contributed by atoms with Gasteiger partial charge in [-0.3, -0.25) is 4.79 Å². The molecule has 2 aromatic heterocycles. The number of ether oxygens (including phenoxy) is 1. The predicted molar refractivity (Wildman–Crippen MR) is 130 cm³/mol. The first-order chi connectivity index (χ1) is 14.7. The minimum absolute atomic E-state index is 0.343. The van der Waals surface area contributed by atoms with E-state index in [1.54, 1.807) is 0 Å². The predicted octanol–water partition coefficient (Wildman–Crippen LogP) is 6.99. The molecule has 31 heavy (non-hydrogen) atoms. The molecule has 0 fully saturated rings. The molecule has 4 rings (SSSR count). The van der Waals surface area contributed by atoms with Crippen molar-refractivity contribution in [2.24, 2.45) is 0 Å². The van der Waals surface area contributed by atoms with E-state index in [-0.39, 0.29) is 5.91 Å². The fourth-order valence-corrected chi connectivity index (χ4v) is 5.03. The van der Waals surface area contributed by atoms with Gasteiger partial charge in [0, 0.05) is 15.4 Å². The van der Waals surface area contributed by atoms with Gasteiger partial charge in [-0.05, 0) is 50.6 Å². The number of aromatic nitrogens is 1. The Morgan fingerprint density at radius 1 is 1.06 bits per heavy atom. The number of hydrogen-bond donors (Lipinski definition) is 1. The SMILES string of the molecule is CC(C)(C)OC(=O)c1c(-c2ccc(Br)cc2)csc1NC(=O)c1nc2ccccc2s1. The van der Waals surface area contributed by atoms with Gasteiger partial charge < -0.3 is 10.1 Å². The smallest absolute Gasteiger partial charge is 0.342 e. The number of thiophene rings is 1. The second kappa shape index (κ2) is 8.53. The fraction of sp³-hybridized carbons (Fsp3) is 0.174. The zero-order chi connectivity index (χ0) is 22.2. The third-order valence-corrected chi connectivity index (χ3v) is 6.72. The van der Waals surface area contributed by atoms with Crippen LogP contribution < -0.4 is 5.32 Å². The molecule has 0 aliphatic heterocycles. The van der Waals surface area contributed by atoms with E-state index in [4.69, 9.17) is 4.74 Å². The van der Waals surface area contributed by atoms with Crippen LogP contribution in [0.15, 0.2) is 58.4 Å². The van der Waals surface area contributed by atoms with Gasteiger partial charge in [0.25, 0.3) is 5.91 Å². The Labute approximate surface area is 196 Å². The van der Waals surface area contributed by atoms with Gasteiger partial charge in [0.15, 0.2) is 5.01 Å². The van der Waals surface area contributed by atoms with Gasteiger partial charge in [0.2, 0.25) is 0 Å². The number of amides is 1. The van der Waals surface area contributed by atoms with Crippen LogP contribution in [-0.2, 0) is 4.74 Å². The number of anilines is 1. The molecule has 5 nitrogen and oxygen atoms in total. The fourth-order valence-electron chi connectivity index (χ4n) is 2.95. The topological polar surface area (TPSA) is 68.3 Å². The van der Waals surface area contributed by atoms with Gasteiger partial charge >= 0.3 is 5.97 Å². The van der Waals surface area contributed by atoms with Crippen LogP contribution >= 0.6 is 38.6 Å². The molecule has 1 N–H and O–H groups in total. The van der Waals surface area contributed by atoms with Crippen LogP contribution in [-0.4, -0.2) is 22.5 Å². The van der Waals surface area contributed by atoms with Crippen LogP contribution in [0.2, 0.25) is 0 Å². The normalized spacial score (nSPS) is 11.5. The maximum atomic E-state index is 13.1. The van der Waals surface area contributed by atoms with Crippen molar-refractivity contribution in [3.8, 4) is 11.1 Å². The molecule has 0 atom stereocenters. The molecule has 4 aromatic rings. The van der Waals surface area contributed by atoms with Gasteiger partial charge in [-0.15, -0.1) is 22.7 Å².